The third kappa shape index (κ3) is 7.18. The predicted molar refractivity (Wildman–Crippen MR) is 161 cm³/mol. The van der Waals surface area contributed by atoms with Crippen molar-refractivity contribution in [3.05, 3.63) is 95.6 Å². The zero-order valence-corrected chi connectivity index (χ0v) is 24.0. The summed E-state index contributed by atoms with van der Waals surface area (Å²) >= 11 is 0. The fraction of sp³-hybridized carbons (Fsp3) is 0.382. The van der Waals surface area contributed by atoms with E-state index < -0.39 is 24.0 Å². The summed E-state index contributed by atoms with van der Waals surface area (Å²) in [5, 5.41) is 14.8. The first kappa shape index (κ1) is 29.3. The highest BCUT2D eigenvalue weighted by Crippen LogP contribution is 2.44. The van der Waals surface area contributed by atoms with Crippen LogP contribution in [0.4, 0.5) is 4.79 Å². The number of rotatable bonds is 12. The molecular formula is C34H39N3O5. The third-order valence-corrected chi connectivity index (χ3v) is 8.51. The highest BCUT2D eigenvalue weighted by atomic mass is 16.5. The first-order valence-corrected chi connectivity index (χ1v) is 14.8. The molecule has 1 saturated heterocycles. The maximum absolute atomic E-state index is 13.1. The third-order valence-electron chi connectivity index (χ3n) is 8.51. The molecule has 0 spiro atoms. The average molecular weight is 570 g/mol. The number of carboxylic acid groups (broad SMARTS) is 1. The lowest BCUT2D eigenvalue weighted by molar-refractivity contribution is -0.137. The van der Waals surface area contributed by atoms with E-state index in [9.17, 15) is 19.5 Å². The average Bonchev–Trinajstić information content (AvgIpc) is 3.50. The minimum atomic E-state index is -1.03. The second-order valence-corrected chi connectivity index (χ2v) is 11.5. The van der Waals surface area contributed by atoms with Gasteiger partial charge < -0.3 is 20.5 Å². The number of ether oxygens (including phenoxy) is 1. The number of benzene rings is 3. The van der Waals surface area contributed by atoms with Crippen LogP contribution in [-0.4, -0.2) is 60.3 Å². The zero-order valence-electron chi connectivity index (χ0n) is 24.0. The van der Waals surface area contributed by atoms with Crippen LogP contribution < -0.4 is 10.6 Å². The molecule has 220 valence electrons. The molecule has 1 fully saturated rings. The molecule has 2 amide bonds. The van der Waals surface area contributed by atoms with Crippen molar-refractivity contribution in [2.75, 3.05) is 26.2 Å². The molecule has 3 aromatic rings. The number of amides is 2. The van der Waals surface area contributed by atoms with Gasteiger partial charge in [-0.15, -0.1) is 0 Å². The number of nitrogens with one attached hydrogen (secondary N) is 2. The summed E-state index contributed by atoms with van der Waals surface area (Å²) in [4.78, 5) is 39.6. The van der Waals surface area contributed by atoms with Crippen LogP contribution in [0.25, 0.3) is 11.1 Å². The molecule has 0 radical (unpaired) electrons. The van der Waals surface area contributed by atoms with Gasteiger partial charge in [0.15, 0.2) is 0 Å². The number of aliphatic carboxylic acids is 1. The summed E-state index contributed by atoms with van der Waals surface area (Å²) < 4.78 is 5.60. The van der Waals surface area contributed by atoms with Crippen LogP contribution in [0.2, 0.25) is 0 Å². The van der Waals surface area contributed by atoms with E-state index in [2.05, 4.69) is 58.9 Å². The molecule has 3 N–H and O–H groups in total. The number of hydrogen-bond donors (Lipinski definition) is 3. The van der Waals surface area contributed by atoms with E-state index in [0.717, 1.165) is 48.3 Å². The van der Waals surface area contributed by atoms with Crippen molar-refractivity contribution in [2.24, 2.45) is 11.8 Å². The highest BCUT2D eigenvalue weighted by Gasteiger charge is 2.31. The zero-order chi connectivity index (χ0) is 29.5. The topological polar surface area (TPSA) is 108 Å². The van der Waals surface area contributed by atoms with Gasteiger partial charge in [-0.3, -0.25) is 14.5 Å². The highest BCUT2D eigenvalue weighted by molar-refractivity contribution is 5.86. The van der Waals surface area contributed by atoms with Crippen molar-refractivity contribution in [2.45, 2.75) is 44.7 Å². The lowest BCUT2D eigenvalue weighted by atomic mass is 9.95. The number of hydrogen-bond acceptors (Lipinski definition) is 5. The minimum Gasteiger partial charge on any atom is -0.481 e. The first-order valence-electron chi connectivity index (χ1n) is 14.8. The fourth-order valence-electron chi connectivity index (χ4n) is 6.31. The molecule has 8 nitrogen and oxygen atoms in total. The van der Waals surface area contributed by atoms with Crippen molar-refractivity contribution in [1.82, 2.24) is 15.5 Å². The second-order valence-electron chi connectivity index (χ2n) is 11.5. The van der Waals surface area contributed by atoms with Crippen molar-refractivity contribution in [3.8, 4) is 11.1 Å². The number of carboxylic acids is 1. The molecule has 42 heavy (non-hydrogen) atoms. The first-order chi connectivity index (χ1) is 20.4. The van der Waals surface area contributed by atoms with Crippen LogP contribution in [0, 0.1) is 11.8 Å². The number of likely N-dealkylation sites (tertiary alicyclic amines) is 1. The second kappa shape index (κ2) is 13.7. The van der Waals surface area contributed by atoms with Gasteiger partial charge in [0.05, 0.1) is 0 Å². The van der Waals surface area contributed by atoms with E-state index in [0.29, 0.717) is 18.4 Å². The Morgan fingerprint density at radius 2 is 1.57 bits per heavy atom. The Balaban J connectivity index is 1.12. The van der Waals surface area contributed by atoms with Crippen molar-refractivity contribution in [3.63, 3.8) is 0 Å². The molecule has 3 aromatic carbocycles. The standard InChI is InChI=1S/C34H39N3O5/c1-23-19-37(20-24-9-3-2-4-10-24)21-25(23)17-18-35-33(40)31(15-16-32(38)39)36-34(41)42-22-30-28-13-7-5-11-26(28)27-12-6-8-14-29(27)30/h2-14,23,25,30-31H,15-22H2,1H3,(H,35,40)(H,36,41)(H,38,39). The lowest BCUT2D eigenvalue weighted by Gasteiger charge is -2.20. The molecule has 0 bridgehead atoms. The lowest BCUT2D eigenvalue weighted by Crippen LogP contribution is -2.47. The van der Waals surface area contributed by atoms with Crippen LogP contribution in [0.5, 0.6) is 0 Å². The molecular weight excluding hydrogens is 530 g/mol. The van der Waals surface area contributed by atoms with Gasteiger partial charge in [0.25, 0.3) is 0 Å². The van der Waals surface area contributed by atoms with E-state index in [1.165, 1.54) is 5.56 Å². The van der Waals surface area contributed by atoms with Gasteiger partial charge in [-0.2, -0.15) is 0 Å². The summed E-state index contributed by atoms with van der Waals surface area (Å²) in [5.41, 5.74) is 5.73. The molecule has 0 saturated carbocycles. The fourth-order valence-corrected chi connectivity index (χ4v) is 6.31. The van der Waals surface area contributed by atoms with E-state index in [-0.39, 0.29) is 25.4 Å². The number of carbonyl (C=O) groups excluding carboxylic acids is 2. The van der Waals surface area contributed by atoms with Crippen molar-refractivity contribution in [1.29, 1.82) is 0 Å². The Morgan fingerprint density at radius 1 is 0.929 bits per heavy atom. The smallest absolute Gasteiger partial charge is 0.407 e. The van der Waals surface area contributed by atoms with Gasteiger partial charge in [-0.25, -0.2) is 4.79 Å². The van der Waals surface area contributed by atoms with Gasteiger partial charge in [0.1, 0.15) is 12.6 Å². The van der Waals surface area contributed by atoms with Crippen LogP contribution in [0.15, 0.2) is 78.9 Å². The van der Waals surface area contributed by atoms with Crippen molar-refractivity contribution >= 4 is 18.0 Å². The summed E-state index contributed by atoms with van der Waals surface area (Å²) in [7, 11) is 0. The number of alkyl carbamates (subject to hydrolysis) is 1. The molecule has 0 aromatic heterocycles. The maximum Gasteiger partial charge on any atom is 0.407 e. The van der Waals surface area contributed by atoms with Gasteiger partial charge in [0.2, 0.25) is 5.91 Å². The van der Waals surface area contributed by atoms with Gasteiger partial charge in [-0.05, 0) is 52.5 Å². The molecule has 1 heterocycles. The largest absolute Gasteiger partial charge is 0.481 e. The quantitative estimate of drug-likeness (QED) is 0.282. The molecule has 8 heteroatoms. The molecule has 5 rings (SSSR count). The summed E-state index contributed by atoms with van der Waals surface area (Å²) in [6.45, 7) is 5.71. The number of carbonyl (C=O) groups is 3. The molecule has 3 atom stereocenters. The summed E-state index contributed by atoms with van der Waals surface area (Å²) in [5.74, 6) is -0.574. The monoisotopic (exact) mass is 569 g/mol. The normalized spacial score (nSPS) is 18.6. The molecule has 1 aliphatic carbocycles. The van der Waals surface area contributed by atoms with Gasteiger partial charge in [0, 0.05) is 38.5 Å². The molecule has 2 aliphatic rings. The van der Waals surface area contributed by atoms with E-state index in [4.69, 9.17) is 4.74 Å². The Kier molecular flexibility index (Phi) is 9.54. The van der Waals surface area contributed by atoms with E-state index in [1.807, 2.05) is 42.5 Å². The van der Waals surface area contributed by atoms with E-state index >= 15 is 0 Å². The molecule has 3 unspecified atom stereocenters. The van der Waals surface area contributed by atoms with E-state index in [1.54, 1.807) is 0 Å². The Bertz CT molecular complexity index is 1350. The number of fused-ring (bicyclic) bond motifs is 3. The summed E-state index contributed by atoms with van der Waals surface area (Å²) in [6.07, 6.45) is -0.177. The Morgan fingerprint density at radius 3 is 2.24 bits per heavy atom. The Labute approximate surface area is 247 Å². The van der Waals surface area contributed by atoms with Gasteiger partial charge in [-0.1, -0.05) is 85.8 Å². The number of nitrogens with zero attached hydrogens (tertiary/aromatic N) is 1. The van der Waals surface area contributed by atoms with Crippen LogP contribution in [0.3, 0.4) is 0 Å². The van der Waals surface area contributed by atoms with Crippen LogP contribution in [-0.2, 0) is 20.9 Å². The Hall–Kier alpha value is -4.17. The minimum absolute atomic E-state index is 0.0178. The molecule has 1 aliphatic heterocycles. The van der Waals surface area contributed by atoms with Crippen molar-refractivity contribution < 1.29 is 24.2 Å². The SMILES string of the molecule is CC1CN(Cc2ccccc2)CC1CCNC(=O)C(CCC(=O)O)NC(=O)OCC1c2ccccc2-c2ccccc21. The summed E-state index contributed by atoms with van der Waals surface area (Å²) in [6, 6.07) is 25.5. The van der Waals surface area contributed by atoms with Crippen LogP contribution >= 0.6 is 0 Å². The maximum atomic E-state index is 13.1. The predicted octanol–water partition coefficient (Wildman–Crippen LogP) is 5.03. The van der Waals surface area contributed by atoms with Gasteiger partial charge >= 0.3 is 12.1 Å². The van der Waals surface area contributed by atoms with Crippen LogP contribution in [0.1, 0.15) is 48.8 Å².